The van der Waals surface area contributed by atoms with Gasteiger partial charge in [-0.1, -0.05) is 30.4 Å². The van der Waals surface area contributed by atoms with E-state index in [4.69, 9.17) is 4.74 Å². The van der Waals surface area contributed by atoms with Gasteiger partial charge in [-0.05, 0) is 37.6 Å². The first-order valence-corrected chi connectivity index (χ1v) is 6.42. The van der Waals surface area contributed by atoms with Gasteiger partial charge in [0.15, 0.2) is 0 Å². The van der Waals surface area contributed by atoms with E-state index >= 15 is 0 Å². The summed E-state index contributed by atoms with van der Waals surface area (Å²) in [6.45, 7) is 3.67. The van der Waals surface area contributed by atoms with Gasteiger partial charge in [0.2, 0.25) is 0 Å². The summed E-state index contributed by atoms with van der Waals surface area (Å²) in [5.41, 5.74) is 1.33. The molecule has 0 spiro atoms. The van der Waals surface area contributed by atoms with Crippen LogP contribution in [0, 0.1) is 0 Å². The van der Waals surface area contributed by atoms with E-state index in [1.807, 2.05) is 19.9 Å². The van der Waals surface area contributed by atoms with Gasteiger partial charge in [0.05, 0.1) is 12.7 Å². The lowest BCUT2D eigenvalue weighted by atomic mass is 10.2. The van der Waals surface area contributed by atoms with Crippen molar-refractivity contribution in [2.24, 2.45) is 0 Å². The SMILES string of the molecule is COC(=O)/C=C\C=C/C(OC(=O)c1ccccc1)=C(C)C. The maximum Gasteiger partial charge on any atom is 0.343 e. The van der Waals surface area contributed by atoms with Crippen LogP contribution in [0.5, 0.6) is 0 Å². The van der Waals surface area contributed by atoms with Gasteiger partial charge < -0.3 is 9.47 Å². The number of allylic oxidation sites excluding steroid dienone is 4. The zero-order valence-corrected chi connectivity index (χ0v) is 12.3. The van der Waals surface area contributed by atoms with Crippen molar-refractivity contribution in [1.29, 1.82) is 0 Å². The van der Waals surface area contributed by atoms with Crippen molar-refractivity contribution in [2.75, 3.05) is 7.11 Å². The lowest BCUT2D eigenvalue weighted by Crippen LogP contribution is -2.04. The number of hydrogen-bond donors (Lipinski definition) is 0. The molecule has 0 amide bonds. The molecule has 1 rings (SSSR count). The first-order valence-electron chi connectivity index (χ1n) is 6.42. The molecule has 0 saturated carbocycles. The fourth-order valence-corrected chi connectivity index (χ4v) is 1.38. The Bertz CT molecular complexity index is 576. The lowest BCUT2D eigenvalue weighted by molar-refractivity contribution is -0.134. The number of esters is 2. The van der Waals surface area contributed by atoms with Gasteiger partial charge in [-0.25, -0.2) is 9.59 Å². The van der Waals surface area contributed by atoms with E-state index < -0.39 is 11.9 Å². The minimum Gasteiger partial charge on any atom is -0.466 e. The molecule has 0 aromatic heterocycles. The van der Waals surface area contributed by atoms with Gasteiger partial charge in [-0.2, -0.15) is 0 Å². The molecule has 0 bridgehead atoms. The Kier molecular flexibility index (Phi) is 6.68. The molecule has 0 radical (unpaired) electrons. The number of benzene rings is 1. The molecule has 0 aliphatic heterocycles. The van der Waals surface area contributed by atoms with E-state index in [1.165, 1.54) is 19.3 Å². The number of methoxy groups -OCH3 is 1. The van der Waals surface area contributed by atoms with Crippen LogP contribution in [0.2, 0.25) is 0 Å². The van der Waals surface area contributed by atoms with Crippen LogP contribution < -0.4 is 0 Å². The summed E-state index contributed by atoms with van der Waals surface area (Å²) < 4.78 is 9.81. The molecule has 1 aromatic carbocycles. The Hall–Kier alpha value is -2.62. The molecule has 0 unspecified atom stereocenters. The topological polar surface area (TPSA) is 52.6 Å². The Morgan fingerprint density at radius 2 is 1.62 bits per heavy atom. The molecule has 0 fully saturated rings. The van der Waals surface area contributed by atoms with Crippen molar-refractivity contribution < 1.29 is 19.1 Å². The summed E-state index contributed by atoms with van der Waals surface area (Å²) in [6.07, 6.45) is 6.02. The largest absolute Gasteiger partial charge is 0.466 e. The van der Waals surface area contributed by atoms with Crippen molar-refractivity contribution in [2.45, 2.75) is 13.8 Å². The molecule has 0 atom stereocenters. The summed E-state index contributed by atoms with van der Waals surface area (Å²) in [7, 11) is 1.31. The number of hydrogen-bond acceptors (Lipinski definition) is 4. The maximum absolute atomic E-state index is 12.0. The van der Waals surface area contributed by atoms with Crippen LogP contribution in [0.15, 0.2) is 66.0 Å². The third-order valence-corrected chi connectivity index (χ3v) is 2.50. The summed E-state index contributed by atoms with van der Waals surface area (Å²) in [4.78, 5) is 22.9. The van der Waals surface area contributed by atoms with Crippen molar-refractivity contribution in [3.05, 3.63) is 71.5 Å². The highest BCUT2D eigenvalue weighted by Gasteiger charge is 2.08. The van der Waals surface area contributed by atoms with E-state index in [2.05, 4.69) is 4.74 Å². The standard InChI is InChI=1S/C17H18O4/c1-13(2)15(11-7-8-12-16(18)20-3)21-17(19)14-9-5-4-6-10-14/h4-12H,1-3H3/b11-7-,12-8-. The van der Waals surface area contributed by atoms with Gasteiger partial charge in [0.25, 0.3) is 0 Å². The second kappa shape index (κ2) is 8.53. The molecule has 21 heavy (non-hydrogen) atoms. The first kappa shape index (κ1) is 16.4. The molecule has 4 nitrogen and oxygen atoms in total. The Labute approximate surface area is 124 Å². The van der Waals surface area contributed by atoms with Gasteiger partial charge >= 0.3 is 11.9 Å². The molecule has 110 valence electrons. The summed E-state index contributed by atoms with van der Waals surface area (Å²) in [5, 5.41) is 0. The smallest absolute Gasteiger partial charge is 0.343 e. The minimum absolute atomic E-state index is 0.423. The molecule has 0 N–H and O–H groups in total. The van der Waals surface area contributed by atoms with Gasteiger partial charge in [0, 0.05) is 6.08 Å². The first-order chi connectivity index (χ1) is 10.0. The van der Waals surface area contributed by atoms with Crippen LogP contribution in [-0.2, 0) is 14.3 Å². The van der Waals surface area contributed by atoms with Gasteiger partial charge in [0.1, 0.15) is 5.76 Å². The predicted molar refractivity (Wildman–Crippen MR) is 80.5 cm³/mol. The second-order valence-electron chi connectivity index (χ2n) is 4.36. The third-order valence-electron chi connectivity index (χ3n) is 2.50. The average Bonchev–Trinajstić information content (AvgIpc) is 2.50. The van der Waals surface area contributed by atoms with Crippen LogP contribution in [0.1, 0.15) is 24.2 Å². The molecular weight excluding hydrogens is 268 g/mol. The Morgan fingerprint density at radius 3 is 2.19 bits per heavy atom. The zero-order chi connectivity index (χ0) is 15.7. The van der Waals surface area contributed by atoms with Crippen molar-refractivity contribution >= 4 is 11.9 Å². The van der Waals surface area contributed by atoms with E-state index in [0.29, 0.717) is 11.3 Å². The number of carbonyl (C=O) groups excluding carboxylic acids is 2. The fraction of sp³-hybridized carbons (Fsp3) is 0.176. The Balaban J connectivity index is 2.74. The van der Waals surface area contributed by atoms with Crippen molar-refractivity contribution in [3.63, 3.8) is 0 Å². The summed E-state index contributed by atoms with van der Waals surface area (Å²) >= 11 is 0. The molecule has 0 aliphatic rings. The summed E-state index contributed by atoms with van der Waals surface area (Å²) in [6, 6.07) is 8.75. The molecule has 1 aromatic rings. The van der Waals surface area contributed by atoms with Crippen LogP contribution >= 0.6 is 0 Å². The predicted octanol–water partition coefficient (Wildman–Crippen LogP) is 3.42. The fourth-order valence-electron chi connectivity index (χ4n) is 1.38. The normalized spacial score (nSPS) is 10.6. The molecule has 4 heteroatoms. The maximum atomic E-state index is 12.0. The highest BCUT2D eigenvalue weighted by atomic mass is 16.5. The molecule has 0 saturated heterocycles. The van der Waals surface area contributed by atoms with E-state index in [9.17, 15) is 9.59 Å². The van der Waals surface area contributed by atoms with Gasteiger partial charge in [-0.15, -0.1) is 0 Å². The number of ether oxygens (including phenoxy) is 2. The zero-order valence-electron chi connectivity index (χ0n) is 12.3. The average molecular weight is 286 g/mol. The number of rotatable bonds is 5. The lowest BCUT2D eigenvalue weighted by Gasteiger charge is -2.06. The van der Waals surface area contributed by atoms with E-state index in [-0.39, 0.29) is 0 Å². The van der Waals surface area contributed by atoms with Crippen LogP contribution in [-0.4, -0.2) is 19.0 Å². The molecule has 0 heterocycles. The highest BCUT2D eigenvalue weighted by molar-refractivity contribution is 5.90. The van der Waals surface area contributed by atoms with E-state index in [0.717, 1.165) is 5.57 Å². The monoisotopic (exact) mass is 286 g/mol. The quantitative estimate of drug-likeness (QED) is 0.360. The highest BCUT2D eigenvalue weighted by Crippen LogP contribution is 2.11. The van der Waals surface area contributed by atoms with Crippen LogP contribution in [0.3, 0.4) is 0 Å². The second-order valence-corrected chi connectivity index (χ2v) is 4.36. The van der Waals surface area contributed by atoms with Crippen LogP contribution in [0.25, 0.3) is 0 Å². The van der Waals surface area contributed by atoms with Crippen molar-refractivity contribution in [1.82, 2.24) is 0 Å². The number of carbonyl (C=O) groups is 2. The molecular formula is C17H18O4. The Morgan fingerprint density at radius 1 is 1.00 bits per heavy atom. The third kappa shape index (κ3) is 5.91. The van der Waals surface area contributed by atoms with E-state index in [1.54, 1.807) is 36.4 Å². The molecule has 0 aliphatic carbocycles. The van der Waals surface area contributed by atoms with Crippen LogP contribution in [0.4, 0.5) is 0 Å². The van der Waals surface area contributed by atoms with Gasteiger partial charge in [-0.3, -0.25) is 0 Å². The van der Waals surface area contributed by atoms with Crippen molar-refractivity contribution in [3.8, 4) is 0 Å². The summed E-state index contributed by atoms with van der Waals surface area (Å²) in [5.74, 6) is -0.425. The minimum atomic E-state index is -0.445.